The molecule has 0 spiro atoms. The maximum absolute atomic E-state index is 12.4. The average molecular weight is 358 g/mol. The smallest absolute Gasteiger partial charge is 0.255 e. The maximum atomic E-state index is 12.4. The number of nitrogens with one attached hydrogen (secondary N) is 2. The number of ether oxygens (including phenoxy) is 1. The minimum Gasteiger partial charge on any atom is -0.383 e. The van der Waals surface area contributed by atoms with Crippen molar-refractivity contribution in [1.29, 1.82) is 0 Å². The molecule has 2 aromatic rings. The van der Waals surface area contributed by atoms with Crippen molar-refractivity contribution in [2.45, 2.75) is 4.90 Å². The molecule has 0 bridgehead atoms. The molecule has 0 saturated heterocycles. The predicted molar refractivity (Wildman–Crippen MR) is 95.8 cm³/mol. The van der Waals surface area contributed by atoms with Gasteiger partial charge in [0, 0.05) is 30.5 Å². The molecule has 0 aliphatic carbocycles. The zero-order valence-electron chi connectivity index (χ0n) is 13.7. The fourth-order valence-corrected chi connectivity index (χ4v) is 3.11. The van der Waals surface area contributed by atoms with E-state index in [0.717, 1.165) is 0 Å². The lowest BCUT2D eigenvalue weighted by Gasteiger charge is -2.09. The van der Waals surface area contributed by atoms with Crippen molar-refractivity contribution in [1.82, 2.24) is 4.72 Å². The highest BCUT2D eigenvalue weighted by Crippen LogP contribution is 2.15. The number of carbonyl (C=O) groups excluding carboxylic acids is 1. The van der Waals surface area contributed by atoms with E-state index in [2.05, 4.69) is 16.0 Å². The molecular formula is C18H18N2O4S. The van der Waals surface area contributed by atoms with Gasteiger partial charge in [-0.3, -0.25) is 4.79 Å². The molecule has 0 atom stereocenters. The van der Waals surface area contributed by atoms with Crippen LogP contribution in [-0.2, 0) is 14.8 Å². The van der Waals surface area contributed by atoms with E-state index in [-0.39, 0.29) is 23.6 Å². The fraction of sp³-hybridized carbons (Fsp3) is 0.167. The van der Waals surface area contributed by atoms with Crippen molar-refractivity contribution in [2.75, 3.05) is 25.6 Å². The second-order valence-corrected chi connectivity index (χ2v) is 6.86. The highest BCUT2D eigenvalue weighted by molar-refractivity contribution is 7.89. The van der Waals surface area contributed by atoms with Crippen molar-refractivity contribution >= 4 is 21.6 Å². The van der Waals surface area contributed by atoms with Gasteiger partial charge in [-0.05, 0) is 36.4 Å². The molecule has 0 fully saturated rings. The van der Waals surface area contributed by atoms with Gasteiger partial charge in [-0.15, -0.1) is 6.42 Å². The standard InChI is InChI=1S/C18H18N2O4S/c1-3-14-6-4-8-16(12-14)20-18(21)15-7-5-9-17(13-15)25(22,23)19-10-11-24-2/h1,4-9,12-13,19H,10-11H2,2H3,(H,20,21). The van der Waals surface area contributed by atoms with Crippen molar-refractivity contribution in [3.8, 4) is 12.3 Å². The van der Waals surface area contributed by atoms with Crippen molar-refractivity contribution in [2.24, 2.45) is 0 Å². The van der Waals surface area contributed by atoms with Crippen LogP contribution < -0.4 is 10.0 Å². The van der Waals surface area contributed by atoms with Gasteiger partial charge in [0.15, 0.2) is 0 Å². The Bertz CT molecular complexity index is 901. The van der Waals surface area contributed by atoms with Gasteiger partial charge in [0.2, 0.25) is 10.0 Å². The Morgan fingerprint density at radius 3 is 2.68 bits per heavy atom. The number of rotatable bonds is 7. The van der Waals surface area contributed by atoms with Crippen LogP contribution in [0.2, 0.25) is 0 Å². The molecule has 0 aliphatic heterocycles. The maximum Gasteiger partial charge on any atom is 0.255 e. The van der Waals surface area contributed by atoms with Crippen LogP contribution in [0.5, 0.6) is 0 Å². The number of benzene rings is 2. The molecule has 0 saturated carbocycles. The van der Waals surface area contributed by atoms with Crippen LogP contribution in [0.1, 0.15) is 15.9 Å². The quantitative estimate of drug-likeness (QED) is 0.584. The fourth-order valence-electron chi connectivity index (χ4n) is 2.06. The van der Waals surface area contributed by atoms with Gasteiger partial charge in [0.05, 0.1) is 11.5 Å². The van der Waals surface area contributed by atoms with Crippen LogP contribution in [0.4, 0.5) is 5.69 Å². The summed E-state index contributed by atoms with van der Waals surface area (Å²) in [6.45, 7) is 0.402. The molecule has 0 aromatic heterocycles. The summed E-state index contributed by atoms with van der Waals surface area (Å²) in [4.78, 5) is 12.4. The largest absolute Gasteiger partial charge is 0.383 e. The molecular weight excluding hydrogens is 340 g/mol. The number of hydrogen-bond donors (Lipinski definition) is 2. The van der Waals surface area contributed by atoms with E-state index in [1.807, 2.05) is 0 Å². The first-order chi connectivity index (χ1) is 12.0. The molecule has 2 rings (SSSR count). The number of anilines is 1. The number of terminal acetylenes is 1. The van der Waals surface area contributed by atoms with Gasteiger partial charge in [0.25, 0.3) is 5.91 Å². The zero-order chi connectivity index (χ0) is 18.3. The van der Waals surface area contributed by atoms with Gasteiger partial charge >= 0.3 is 0 Å². The average Bonchev–Trinajstić information content (AvgIpc) is 2.62. The number of amides is 1. The molecule has 1 amide bonds. The van der Waals surface area contributed by atoms with Gasteiger partial charge in [-0.1, -0.05) is 18.1 Å². The predicted octanol–water partition coefficient (Wildman–Crippen LogP) is 1.84. The Morgan fingerprint density at radius 2 is 1.96 bits per heavy atom. The molecule has 7 heteroatoms. The summed E-state index contributed by atoms with van der Waals surface area (Å²) >= 11 is 0. The number of hydrogen-bond acceptors (Lipinski definition) is 4. The van der Waals surface area contributed by atoms with Crippen molar-refractivity contribution in [3.05, 3.63) is 59.7 Å². The third kappa shape index (κ3) is 5.16. The first kappa shape index (κ1) is 18.7. The van der Waals surface area contributed by atoms with E-state index in [4.69, 9.17) is 11.2 Å². The van der Waals surface area contributed by atoms with Crippen LogP contribution in [0.3, 0.4) is 0 Å². The Balaban J connectivity index is 2.17. The Labute approximate surface area is 147 Å². The van der Waals surface area contributed by atoms with E-state index >= 15 is 0 Å². The van der Waals surface area contributed by atoms with Gasteiger partial charge < -0.3 is 10.1 Å². The van der Waals surface area contributed by atoms with Crippen molar-refractivity contribution < 1.29 is 17.9 Å². The van der Waals surface area contributed by atoms with E-state index in [9.17, 15) is 13.2 Å². The second kappa shape index (κ2) is 8.44. The summed E-state index contributed by atoms with van der Waals surface area (Å²) in [7, 11) is -2.23. The monoisotopic (exact) mass is 358 g/mol. The van der Waals surface area contributed by atoms with E-state index in [1.165, 1.54) is 31.4 Å². The van der Waals surface area contributed by atoms with Gasteiger partial charge in [-0.25, -0.2) is 13.1 Å². The summed E-state index contributed by atoms with van der Waals surface area (Å²) in [6, 6.07) is 12.6. The lowest BCUT2D eigenvalue weighted by atomic mass is 10.2. The minimum atomic E-state index is -3.71. The third-order valence-corrected chi connectivity index (χ3v) is 4.75. The lowest BCUT2D eigenvalue weighted by Crippen LogP contribution is -2.27. The summed E-state index contributed by atoms with van der Waals surface area (Å²) in [5.41, 5.74) is 1.39. The van der Waals surface area contributed by atoms with E-state index in [0.29, 0.717) is 11.3 Å². The molecule has 130 valence electrons. The topological polar surface area (TPSA) is 84.5 Å². The Kier molecular flexibility index (Phi) is 6.31. The van der Waals surface area contributed by atoms with E-state index < -0.39 is 15.9 Å². The normalized spacial score (nSPS) is 10.9. The molecule has 0 heterocycles. The first-order valence-electron chi connectivity index (χ1n) is 7.43. The van der Waals surface area contributed by atoms with Crippen LogP contribution in [0.15, 0.2) is 53.4 Å². The molecule has 2 N–H and O–H groups in total. The van der Waals surface area contributed by atoms with Crippen molar-refractivity contribution in [3.63, 3.8) is 0 Å². The SMILES string of the molecule is C#Cc1cccc(NC(=O)c2cccc(S(=O)(=O)NCCOC)c2)c1. The van der Waals surface area contributed by atoms with Crippen LogP contribution in [0.25, 0.3) is 0 Å². The molecule has 0 aliphatic rings. The highest BCUT2D eigenvalue weighted by atomic mass is 32.2. The van der Waals surface area contributed by atoms with Gasteiger partial charge in [0.1, 0.15) is 0 Å². The van der Waals surface area contributed by atoms with Gasteiger partial charge in [-0.2, -0.15) is 0 Å². The number of sulfonamides is 1. The Hall–Kier alpha value is -2.66. The second-order valence-electron chi connectivity index (χ2n) is 5.10. The summed E-state index contributed by atoms with van der Waals surface area (Å²) in [5.74, 6) is 2.06. The van der Waals surface area contributed by atoms with Crippen LogP contribution >= 0.6 is 0 Å². The molecule has 2 aromatic carbocycles. The first-order valence-corrected chi connectivity index (χ1v) is 8.91. The Morgan fingerprint density at radius 1 is 1.20 bits per heavy atom. The number of carbonyl (C=O) groups is 1. The summed E-state index contributed by atoms with van der Waals surface area (Å²) < 4.78 is 31.6. The molecule has 25 heavy (non-hydrogen) atoms. The van der Waals surface area contributed by atoms with Crippen LogP contribution in [-0.4, -0.2) is 34.6 Å². The molecule has 6 nitrogen and oxygen atoms in total. The summed E-state index contributed by atoms with van der Waals surface area (Å²) in [5, 5.41) is 2.69. The lowest BCUT2D eigenvalue weighted by molar-refractivity contribution is 0.102. The summed E-state index contributed by atoms with van der Waals surface area (Å²) in [6.07, 6.45) is 5.33. The zero-order valence-corrected chi connectivity index (χ0v) is 14.5. The van der Waals surface area contributed by atoms with E-state index in [1.54, 1.807) is 24.3 Å². The minimum absolute atomic E-state index is 0.00799. The highest BCUT2D eigenvalue weighted by Gasteiger charge is 2.16. The number of methoxy groups -OCH3 is 1. The van der Waals surface area contributed by atoms with Crippen LogP contribution in [0, 0.1) is 12.3 Å². The third-order valence-electron chi connectivity index (χ3n) is 3.29. The molecule has 0 unspecified atom stereocenters. The molecule has 0 radical (unpaired) electrons.